The first-order valence-corrected chi connectivity index (χ1v) is 18.5. The van der Waals surface area contributed by atoms with E-state index in [0.29, 0.717) is 83.4 Å². The van der Waals surface area contributed by atoms with Gasteiger partial charge in [0.25, 0.3) is 0 Å². The Bertz CT molecular complexity index is 2870. The van der Waals surface area contributed by atoms with E-state index in [9.17, 15) is 9.60 Å². The lowest BCUT2D eigenvalue weighted by atomic mass is 9.79. The summed E-state index contributed by atoms with van der Waals surface area (Å²) in [6.07, 6.45) is 0. The molecule has 2 nitrogen and oxygen atoms in total. The highest BCUT2D eigenvalue weighted by Crippen LogP contribution is 2.47. The lowest BCUT2D eigenvalue weighted by Crippen LogP contribution is -2.14. The zero-order chi connectivity index (χ0) is 43.4. The van der Waals surface area contributed by atoms with Crippen LogP contribution < -0.4 is 9.47 Å². The van der Waals surface area contributed by atoms with Gasteiger partial charge >= 0.3 is 0 Å². The minimum absolute atomic E-state index is 0.165. The van der Waals surface area contributed by atoms with E-state index in [2.05, 4.69) is 20.8 Å². The van der Waals surface area contributed by atoms with Crippen LogP contribution in [0, 0.1) is 6.92 Å². The number of ether oxygens (including phenoxy) is 2. The summed E-state index contributed by atoms with van der Waals surface area (Å²) in [5.41, 5.74) is 1.80. The van der Waals surface area contributed by atoms with E-state index >= 15 is 0 Å². The van der Waals surface area contributed by atoms with Gasteiger partial charge in [-0.1, -0.05) is 138 Å². The fourth-order valence-electron chi connectivity index (χ4n) is 7.66. The summed E-state index contributed by atoms with van der Waals surface area (Å²) in [7, 11) is 0. The summed E-state index contributed by atoms with van der Waals surface area (Å²) in [6.45, 7) is 26.1. The largest absolute Gasteiger partial charge is 0.457 e. The van der Waals surface area contributed by atoms with Crippen molar-refractivity contribution in [1.82, 2.24) is 0 Å². The Morgan fingerprint density at radius 3 is 1.33 bits per heavy atom. The third kappa shape index (κ3) is 5.53. The van der Waals surface area contributed by atoms with Gasteiger partial charge in [-0.2, -0.15) is 0 Å². The van der Waals surface area contributed by atoms with Crippen molar-refractivity contribution >= 4 is 64.6 Å². The summed E-state index contributed by atoms with van der Waals surface area (Å²) in [5, 5.41) is 8.18. The molecule has 0 spiro atoms. The van der Waals surface area contributed by atoms with Gasteiger partial charge in [-0.15, -0.1) is 0 Å². The predicted molar refractivity (Wildman–Crippen MR) is 226 cm³/mol. The normalized spacial score (nSPS) is 15.4. The molecule has 0 N–H and O–H groups in total. The standard InChI is InChI=1S/C50H54O2/c1-28-37-17-16-30-19-35(48(5,6)7)22-33-24-42(39(46(37)44(30)33)26-40(28)50(11,12)13)52-27-51-41-23-32-21-34(47(2,3)4)18-29-14-15-31-20-36(49(8,9)10)25-38(41)45(31)43(29)32/h14-26H,27H2,1-13H3/i18D,19D,20D,21D,22D,25D,26D. The molecule has 266 valence electrons. The summed E-state index contributed by atoms with van der Waals surface area (Å²) in [5.74, 6) is 0.722. The van der Waals surface area contributed by atoms with Gasteiger partial charge in [0, 0.05) is 21.5 Å². The van der Waals surface area contributed by atoms with Gasteiger partial charge in [0.2, 0.25) is 6.79 Å². The van der Waals surface area contributed by atoms with Gasteiger partial charge < -0.3 is 9.47 Å². The second-order valence-corrected chi connectivity index (χ2v) is 18.8. The molecule has 0 amide bonds. The lowest BCUT2D eigenvalue weighted by molar-refractivity contribution is 0.123. The third-order valence-electron chi connectivity index (χ3n) is 10.5. The molecular weight excluding hydrogens is 633 g/mol. The molecule has 2 heteroatoms. The molecule has 0 unspecified atom stereocenters. The van der Waals surface area contributed by atoms with Crippen molar-refractivity contribution in [3.8, 4) is 11.5 Å². The van der Waals surface area contributed by atoms with Crippen molar-refractivity contribution in [2.75, 3.05) is 6.79 Å². The van der Waals surface area contributed by atoms with Crippen LogP contribution in [-0.2, 0) is 21.7 Å². The van der Waals surface area contributed by atoms with E-state index < -0.39 is 16.2 Å². The van der Waals surface area contributed by atoms with Crippen LogP contribution in [0.3, 0.4) is 0 Å². The Hall–Kier alpha value is -4.56. The molecule has 52 heavy (non-hydrogen) atoms. The molecule has 8 rings (SSSR count). The van der Waals surface area contributed by atoms with Crippen LogP contribution in [0.25, 0.3) is 64.6 Å². The predicted octanol–water partition coefficient (Wildman–Crippen LogP) is 14.4. The van der Waals surface area contributed by atoms with E-state index in [1.807, 2.05) is 99.6 Å². The average molecular weight is 694 g/mol. The molecule has 8 aromatic rings. The van der Waals surface area contributed by atoms with Gasteiger partial charge in [0.1, 0.15) is 11.5 Å². The van der Waals surface area contributed by atoms with Crippen molar-refractivity contribution in [3.05, 3.63) is 107 Å². The molecule has 0 bridgehead atoms. The van der Waals surface area contributed by atoms with Gasteiger partial charge in [0.05, 0.1) is 9.60 Å². The maximum Gasteiger partial charge on any atom is 0.230 e. The molecule has 0 radical (unpaired) electrons. The monoisotopic (exact) mass is 693 g/mol. The van der Waals surface area contributed by atoms with Crippen LogP contribution in [0.5, 0.6) is 11.5 Å². The second-order valence-electron chi connectivity index (χ2n) is 18.8. The molecule has 8 aromatic carbocycles. The smallest absolute Gasteiger partial charge is 0.230 e. The Balaban J connectivity index is 1.41. The Morgan fingerprint density at radius 2 is 0.846 bits per heavy atom. The van der Waals surface area contributed by atoms with Crippen molar-refractivity contribution < 1.29 is 19.1 Å². The lowest BCUT2D eigenvalue weighted by Gasteiger charge is -2.27. The highest BCUT2D eigenvalue weighted by molar-refractivity contribution is 6.26. The number of aryl methyl sites for hydroxylation is 1. The van der Waals surface area contributed by atoms with Crippen LogP contribution in [-0.4, -0.2) is 6.79 Å². The fraction of sp³-hybridized carbons (Fsp3) is 0.360. The van der Waals surface area contributed by atoms with Gasteiger partial charge in [-0.05, 0) is 124 Å². The van der Waals surface area contributed by atoms with Crippen LogP contribution in [0.2, 0.25) is 0 Å². The Kier molecular flexibility index (Phi) is 5.85. The minimum Gasteiger partial charge on any atom is -0.457 e. The zero-order valence-corrected chi connectivity index (χ0v) is 33.0. The maximum absolute atomic E-state index is 9.76. The number of benzene rings is 8. The van der Waals surface area contributed by atoms with E-state index in [4.69, 9.17) is 9.47 Å². The number of hydrogen-bond acceptors (Lipinski definition) is 2. The highest BCUT2D eigenvalue weighted by Gasteiger charge is 2.25. The Labute approximate surface area is 319 Å². The van der Waals surface area contributed by atoms with Gasteiger partial charge in [0.15, 0.2) is 0 Å². The van der Waals surface area contributed by atoms with Crippen molar-refractivity contribution in [1.29, 1.82) is 0 Å². The Morgan fingerprint density at radius 1 is 0.442 bits per heavy atom. The molecule has 0 atom stereocenters. The molecule has 0 aliphatic rings. The van der Waals surface area contributed by atoms with Crippen LogP contribution in [0.1, 0.15) is 120 Å². The summed E-state index contributed by atoms with van der Waals surface area (Å²) in [6, 6.07) is 13.3. The topological polar surface area (TPSA) is 18.5 Å². The average Bonchev–Trinajstić information content (AvgIpc) is 3.09. The summed E-state index contributed by atoms with van der Waals surface area (Å²) < 4.78 is 79.8. The van der Waals surface area contributed by atoms with Gasteiger partial charge in [-0.25, -0.2) is 0 Å². The van der Waals surface area contributed by atoms with Crippen molar-refractivity contribution in [2.45, 2.75) is 112 Å². The molecule has 0 saturated heterocycles. The minimum atomic E-state index is -0.542. The van der Waals surface area contributed by atoms with Crippen LogP contribution in [0.15, 0.2) is 78.7 Å². The molecule has 0 saturated carbocycles. The fourth-order valence-corrected chi connectivity index (χ4v) is 7.66. The summed E-state index contributed by atoms with van der Waals surface area (Å²) >= 11 is 0. The maximum atomic E-state index is 9.76. The van der Waals surface area contributed by atoms with Crippen molar-refractivity contribution in [2.24, 2.45) is 0 Å². The third-order valence-corrected chi connectivity index (χ3v) is 10.5. The van der Waals surface area contributed by atoms with E-state index in [1.54, 1.807) is 6.07 Å². The first kappa shape index (κ1) is 27.1. The number of hydrogen-bond donors (Lipinski definition) is 0. The SMILES string of the molecule is [2H]c1c(C(C)(C)C)c([2H])c2cc(OCOc3cc4c([2H])c(C(C)(C)C)c([2H])c5ccc6c(C)c(C(C)(C)C)c([2H])c3c6c54)c3c([2H])c(C(C)(C)C)c([2H])c4ccc1c2c43. The van der Waals surface area contributed by atoms with Gasteiger partial charge in [-0.3, -0.25) is 0 Å². The van der Waals surface area contributed by atoms with Crippen LogP contribution >= 0.6 is 0 Å². The highest BCUT2D eigenvalue weighted by atomic mass is 16.7. The molecule has 0 aliphatic carbocycles. The van der Waals surface area contributed by atoms with E-state index in [-0.39, 0.29) is 42.4 Å². The molecule has 0 aromatic heterocycles. The van der Waals surface area contributed by atoms with Crippen LogP contribution in [0.4, 0.5) is 0 Å². The first-order chi connectivity index (χ1) is 27.2. The zero-order valence-electron chi connectivity index (χ0n) is 40.0. The van der Waals surface area contributed by atoms with E-state index in [1.165, 1.54) is 0 Å². The quantitative estimate of drug-likeness (QED) is 0.135. The summed E-state index contributed by atoms with van der Waals surface area (Å²) in [4.78, 5) is 0. The second kappa shape index (κ2) is 11.2. The molecular formula is C50H54O2. The number of rotatable bonds is 4. The van der Waals surface area contributed by atoms with Crippen molar-refractivity contribution in [3.63, 3.8) is 0 Å². The molecule has 0 heterocycles. The molecule has 0 aliphatic heterocycles. The van der Waals surface area contributed by atoms with E-state index in [0.717, 1.165) is 32.7 Å². The molecule has 0 fully saturated rings. The first-order valence-electron chi connectivity index (χ1n) is 22.0.